The first kappa shape index (κ1) is 23.6. The first-order valence-corrected chi connectivity index (χ1v) is 10.1. The van der Waals surface area contributed by atoms with Crippen molar-refractivity contribution in [3.05, 3.63) is 41.5 Å². The van der Waals surface area contributed by atoms with Gasteiger partial charge >= 0.3 is 6.18 Å². The molecule has 11 heteroatoms. The summed E-state index contributed by atoms with van der Waals surface area (Å²) in [6, 6.07) is 5.22. The molecular weight excluding hydrogens is 427 g/mol. The van der Waals surface area contributed by atoms with Crippen LogP contribution in [0.25, 0.3) is 0 Å². The van der Waals surface area contributed by atoms with Crippen LogP contribution in [0.1, 0.15) is 11.1 Å². The highest BCUT2D eigenvalue weighted by molar-refractivity contribution is 7.92. The number of benzene rings is 2. The lowest BCUT2D eigenvalue weighted by atomic mass is 10.2. The van der Waals surface area contributed by atoms with Gasteiger partial charge in [0.25, 0.3) is 10.0 Å². The predicted octanol–water partition coefficient (Wildman–Crippen LogP) is 3.86. The number of sulfonamides is 1. The Hall–Kier alpha value is -2.66. The highest BCUT2D eigenvalue weighted by Crippen LogP contribution is 2.37. The van der Waals surface area contributed by atoms with Crippen molar-refractivity contribution in [2.24, 2.45) is 0 Å². The van der Waals surface area contributed by atoms with Crippen LogP contribution in [0.3, 0.4) is 0 Å². The normalized spacial score (nSPS) is 11.8. The fraction of sp³-hybridized carbons (Fsp3) is 0.368. The molecule has 2 aromatic rings. The maximum Gasteiger partial charge on any atom is 0.416 e. The third kappa shape index (κ3) is 5.48. The first-order valence-electron chi connectivity index (χ1n) is 8.62. The molecule has 0 amide bonds. The second-order valence-corrected chi connectivity index (χ2v) is 7.78. The van der Waals surface area contributed by atoms with Crippen molar-refractivity contribution in [3.63, 3.8) is 0 Å². The van der Waals surface area contributed by atoms with Crippen LogP contribution >= 0.6 is 0 Å². The van der Waals surface area contributed by atoms with E-state index in [2.05, 4.69) is 4.72 Å². The quantitative estimate of drug-likeness (QED) is 0.586. The van der Waals surface area contributed by atoms with Crippen molar-refractivity contribution in [3.8, 4) is 17.2 Å². The number of anilines is 1. The molecule has 0 saturated heterocycles. The Bertz CT molecular complexity index is 992. The molecule has 2 aromatic carbocycles. The first-order chi connectivity index (χ1) is 14.0. The zero-order valence-corrected chi connectivity index (χ0v) is 17.6. The van der Waals surface area contributed by atoms with E-state index in [1.54, 1.807) is 0 Å². The van der Waals surface area contributed by atoms with Gasteiger partial charge in [-0.05, 0) is 36.8 Å². The van der Waals surface area contributed by atoms with E-state index in [9.17, 15) is 21.6 Å². The van der Waals surface area contributed by atoms with E-state index in [-0.39, 0.29) is 35.3 Å². The highest BCUT2D eigenvalue weighted by atomic mass is 32.2. The summed E-state index contributed by atoms with van der Waals surface area (Å²) >= 11 is 0. The predicted molar refractivity (Wildman–Crippen MR) is 104 cm³/mol. The summed E-state index contributed by atoms with van der Waals surface area (Å²) in [7, 11) is -0.113. The Morgan fingerprint density at radius 2 is 1.57 bits per heavy atom. The maximum atomic E-state index is 13.1. The minimum Gasteiger partial charge on any atom is -0.493 e. The molecule has 0 bridgehead atoms. The molecule has 0 aromatic heterocycles. The summed E-state index contributed by atoms with van der Waals surface area (Å²) in [5, 5.41) is 0. The van der Waals surface area contributed by atoms with Gasteiger partial charge in [0.15, 0.2) is 11.5 Å². The second-order valence-electron chi connectivity index (χ2n) is 6.13. The molecule has 0 aliphatic heterocycles. The molecule has 0 aliphatic rings. The zero-order chi connectivity index (χ0) is 22.5. The van der Waals surface area contributed by atoms with E-state index in [4.69, 9.17) is 18.9 Å². The molecule has 0 saturated carbocycles. The Morgan fingerprint density at radius 1 is 0.933 bits per heavy atom. The van der Waals surface area contributed by atoms with Crippen LogP contribution < -0.4 is 18.9 Å². The number of aryl methyl sites for hydroxylation is 1. The summed E-state index contributed by atoms with van der Waals surface area (Å²) in [6.45, 7) is 1.71. The fourth-order valence-electron chi connectivity index (χ4n) is 2.60. The summed E-state index contributed by atoms with van der Waals surface area (Å²) in [6.07, 6.45) is -4.66. The average molecular weight is 449 g/mol. The van der Waals surface area contributed by atoms with Gasteiger partial charge in [0.2, 0.25) is 0 Å². The van der Waals surface area contributed by atoms with Crippen LogP contribution in [0.15, 0.2) is 35.2 Å². The van der Waals surface area contributed by atoms with E-state index in [1.807, 2.05) is 0 Å². The molecular formula is C19H22F3NO6S. The van der Waals surface area contributed by atoms with Crippen LogP contribution in [0.5, 0.6) is 17.2 Å². The van der Waals surface area contributed by atoms with Crippen LogP contribution in [-0.2, 0) is 20.9 Å². The minimum atomic E-state index is -4.66. The Balaban J connectivity index is 2.50. The van der Waals surface area contributed by atoms with Crippen molar-refractivity contribution < 1.29 is 40.5 Å². The SMILES string of the molecule is COCCOc1ccc(C(F)(F)F)cc1NS(=O)(=O)c1cc(OC)c(OC)cc1C. The average Bonchev–Trinajstić information content (AvgIpc) is 2.67. The van der Waals surface area contributed by atoms with Crippen LogP contribution in [-0.4, -0.2) is 43.0 Å². The zero-order valence-electron chi connectivity index (χ0n) is 16.8. The van der Waals surface area contributed by atoms with Gasteiger partial charge in [0.05, 0.1) is 37.0 Å². The van der Waals surface area contributed by atoms with Crippen molar-refractivity contribution in [1.82, 2.24) is 0 Å². The maximum absolute atomic E-state index is 13.1. The largest absolute Gasteiger partial charge is 0.493 e. The van der Waals surface area contributed by atoms with Crippen molar-refractivity contribution >= 4 is 15.7 Å². The number of alkyl halides is 3. The molecule has 0 radical (unpaired) electrons. The molecule has 7 nitrogen and oxygen atoms in total. The van der Waals surface area contributed by atoms with Gasteiger partial charge in [-0.3, -0.25) is 4.72 Å². The van der Waals surface area contributed by atoms with Gasteiger partial charge in [-0.15, -0.1) is 0 Å². The van der Waals surface area contributed by atoms with Gasteiger partial charge in [0.1, 0.15) is 12.4 Å². The molecule has 166 valence electrons. The van der Waals surface area contributed by atoms with E-state index >= 15 is 0 Å². The van der Waals surface area contributed by atoms with Crippen molar-refractivity contribution in [2.45, 2.75) is 18.0 Å². The number of halogens is 3. The monoisotopic (exact) mass is 449 g/mol. The molecule has 0 unspecified atom stereocenters. The molecule has 1 N–H and O–H groups in total. The smallest absolute Gasteiger partial charge is 0.416 e. The third-order valence-electron chi connectivity index (χ3n) is 4.07. The van der Waals surface area contributed by atoms with Gasteiger partial charge in [-0.1, -0.05) is 0 Å². The highest BCUT2D eigenvalue weighted by Gasteiger charge is 2.32. The van der Waals surface area contributed by atoms with Crippen LogP contribution in [0.4, 0.5) is 18.9 Å². The third-order valence-corrected chi connectivity index (χ3v) is 5.57. The molecule has 0 fully saturated rings. The number of nitrogens with one attached hydrogen (secondary N) is 1. The molecule has 0 aliphatic carbocycles. The van der Waals surface area contributed by atoms with E-state index in [1.165, 1.54) is 40.4 Å². The Labute approximate surface area is 172 Å². The minimum absolute atomic E-state index is 0.0198. The van der Waals surface area contributed by atoms with E-state index in [0.717, 1.165) is 12.1 Å². The molecule has 0 atom stereocenters. The Kier molecular flexibility index (Phi) is 7.43. The second kappa shape index (κ2) is 9.43. The summed E-state index contributed by atoms with van der Waals surface area (Å²) in [4.78, 5) is -0.180. The summed E-state index contributed by atoms with van der Waals surface area (Å²) in [5.41, 5.74) is -1.06. The van der Waals surface area contributed by atoms with Crippen LogP contribution in [0.2, 0.25) is 0 Å². The molecule has 0 heterocycles. The number of hydrogen-bond donors (Lipinski definition) is 1. The molecule has 0 spiro atoms. The summed E-state index contributed by atoms with van der Waals surface area (Å²) < 4.78 is 88.0. The standard InChI is InChI=1S/C19H22F3NO6S/c1-12-9-16(27-3)17(28-4)11-18(12)30(24,25)23-14-10-13(19(20,21)22)5-6-15(14)29-8-7-26-2/h5-6,9-11,23H,7-8H2,1-4H3. The lowest BCUT2D eigenvalue weighted by molar-refractivity contribution is -0.137. The van der Waals surface area contributed by atoms with Crippen molar-refractivity contribution in [1.29, 1.82) is 0 Å². The lowest BCUT2D eigenvalue weighted by Gasteiger charge is -2.18. The van der Waals surface area contributed by atoms with Crippen LogP contribution in [0, 0.1) is 6.92 Å². The topological polar surface area (TPSA) is 83.1 Å². The number of ether oxygens (including phenoxy) is 4. The fourth-order valence-corrected chi connectivity index (χ4v) is 3.90. The Morgan fingerprint density at radius 3 is 2.13 bits per heavy atom. The summed E-state index contributed by atoms with van der Waals surface area (Å²) in [5.74, 6) is 0.405. The van der Waals surface area contributed by atoms with E-state index < -0.39 is 21.8 Å². The number of hydrogen-bond acceptors (Lipinski definition) is 6. The van der Waals surface area contributed by atoms with E-state index in [0.29, 0.717) is 17.4 Å². The molecule has 30 heavy (non-hydrogen) atoms. The number of methoxy groups -OCH3 is 3. The molecule has 2 rings (SSSR count). The lowest BCUT2D eigenvalue weighted by Crippen LogP contribution is -2.17. The van der Waals surface area contributed by atoms with Gasteiger partial charge < -0.3 is 18.9 Å². The van der Waals surface area contributed by atoms with Gasteiger partial charge in [-0.2, -0.15) is 13.2 Å². The number of rotatable bonds is 9. The van der Waals surface area contributed by atoms with Gasteiger partial charge in [-0.25, -0.2) is 8.42 Å². The van der Waals surface area contributed by atoms with Crippen molar-refractivity contribution in [2.75, 3.05) is 39.3 Å². The van der Waals surface area contributed by atoms with Gasteiger partial charge in [0, 0.05) is 13.2 Å².